The van der Waals surface area contributed by atoms with Crippen molar-refractivity contribution in [3.8, 4) is 28.4 Å². The minimum absolute atomic E-state index is 0.0268. The number of hydrogen-bond donors (Lipinski definition) is 0. The van der Waals surface area contributed by atoms with E-state index in [1.807, 2.05) is 109 Å². The van der Waals surface area contributed by atoms with Gasteiger partial charge in [-0.1, -0.05) is 43.3 Å². The highest BCUT2D eigenvalue weighted by atomic mass is 16.5. The normalized spacial score (nSPS) is 14.0. The second kappa shape index (κ2) is 12.3. The van der Waals surface area contributed by atoms with E-state index in [9.17, 15) is 9.59 Å². The summed E-state index contributed by atoms with van der Waals surface area (Å²) in [6.07, 6.45) is 0.743. The minimum atomic E-state index is -0.162. The van der Waals surface area contributed by atoms with Gasteiger partial charge in [-0.2, -0.15) is 0 Å². The van der Waals surface area contributed by atoms with Crippen molar-refractivity contribution < 1.29 is 19.1 Å². The van der Waals surface area contributed by atoms with Gasteiger partial charge in [-0.05, 0) is 66.9 Å². The summed E-state index contributed by atoms with van der Waals surface area (Å²) >= 11 is 0. The summed E-state index contributed by atoms with van der Waals surface area (Å²) < 4.78 is 12.9. The van der Waals surface area contributed by atoms with Crippen molar-refractivity contribution >= 4 is 11.8 Å². The van der Waals surface area contributed by atoms with Crippen LogP contribution in [-0.4, -0.2) is 66.6 Å². The molecule has 0 spiro atoms. The lowest BCUT2D eigenvalue weighted by Crippen LogP contribution is -2.51. The molecule has 3 aromatic carbocycles. The Morgan fingerprint density at radius 3 is 2.07 bits per heavy atom. The van der Waals surface area contributed by atoms with Gasteiger partial charge in [0.05, 0.1) is 31.4 Å². The van der Waals surface area contributed by atoms with E-state index in [4.69, 9.17) is 9.47 Å². The van der Waals surface area contributed by atoms with Crippen molar-refractivity contribution in [1.29, 1.82) is 0 Å². The topological polar surface area (TPSA) is 64.0 Å². The second-order valence-electron chi connectivity index (χ2n) is 10.3. The monoisotopic (exact) mass is 551 g/mol. The van der Waals surface area contributed by atoms with Crippen molar-refractivity contribution in [3.63, 3.8) is 0 Å². The quantitative estimate of drug-likeness (QED) is 0.272. The van der Waals surface area contributed by atoms with Gasteiger partial charge in [-0.3, -0.25) is 9.59 Å². The molecular formula is C34H37N3O4. The Bertz CT molecular complexity index is 1500. The van der Waals surface area contributed by atoms with Gasteiger partial charge in [0.25, 0.3) is 5.91 Å². The average molecular weight is 552 g/mol. The highest BCUT2D eigenvalue weighted by Crippen LogP contribution is 2.33. The smallest absolute Gasteiger partial charge is 0.255 e. The molecule has 4 aromatic rings. The third-order valence-electron chi connectivity index (χ3n) is 7.96. The van der Waals surface area contributed by atoms with Crippen LogP contribution in [0.25, 0.3) is 16.9 Å². The van der Waals surface area contributed by atoms with E-state index in [1.165, 1.54) is 0 Å². The number of piperazine rings is 1. The predicted molar refractivity (Wildman–Crippen MR) is 161 cm³/mol. The molecule has 1 atom stereocenters. The number of aromatic nitrogens is 1. The van der Waals surface area contributed by atoms with Crippen molar-refractivity contribution in [2.24, 2.45) is 0 Å². The molecule has 1 aliphatic rings. The number of carbonyl (C=O) groups excluding carboxylic acids is 2. The number of carbonyl (C=O) groups is 2. The zero-order chi connectivity index (χ0) is 28.9. The third kappa shape index (κ3) is 5.71. The molecule has 1 fully saturated rings. The summed E-state index contributed by atoms with van der Waals surface area (Å²) in [6, 6.07) is 27.6. The largest absolute Gasteiger partial charge is 0.497 e. The molecule has 7 nitrogen and oxygen atoms in total. The van der Waals surface area contributed by atoms with Crippen LogP contribution >= 0.6 is 0 Å². The van der Waals surface area contributed by atoms with Crippen LogP contribution in [0.15, 0.2) is 84.9 Å². The van der Waals surface area contributed by atoms with Crippen LogP contribution in [0.5, 0.6) is 11.5 Å². The van der Waals surface area contributed by atoms with Gasteiger partial charge in [0.15, 0.2) is 0 Å². The Hall–Kier alpha value is -4.52. The Morgan fingerprint density at radius 1 is 0.780 bits per heavy atom. The first-order valence-electron chi connectivity index (χ1n) is 14.1. The number of methoxy groups -OCH3 is 2. The van der Waals surface area contributed by atoms with E-state index in [-0.39, 0.29) is 17.7 Å². The predicted octanol–water partition coefficient (Wildman–Crippen LogP) is 5.95. The zero-order valence-electron chi connectivity index (χ0n) is 24.2. The van der Waals surface area contributed by atoms with E-state index in [2.05, 4.69) is 4.57 Å². The molecule has 5 rings (SSSR count). The Balaban J connectivity index is 1.40. The summed E-state index contributed by atoms with van der Waals surface area (Å²) in [7, 11) is 3.29. The molecule has 212 valence electrons. The standard InChI is InChI=1S/C34H37N3O4/c1-5-30(25-10-7-6-8-11-25)33(38)35-18-20-36(21-19-35)34(39)31-23-32(26-14-16-28(40-3)17-15-26)37(24(31)2)27-12-9-13-29(22-27)41-4/h6-17,22-23,30H,5,18-21H2,1-4H3. The van der Waals surface area contributed by atoms with Crippen LogP contribution < -0.4 is 9.47 Å². The SMILES string of the molecule is CCC(C(=O)N1CCN(C(=O)c2cc(-c3ccc(OC)cc3)n(-c3cccc(OC)c3)c2C)CC1)c1ccccc1. The number of benzene rings is 3. The Morgan fingerprint density at radius 2 is 1.44 bits per heavy atom. The molecule has 0 radical (unpaired) electrons. The van der Waals surface area contributed by atoms with Gasteiger partial charge in [-0.25, -0.2) is 0 Å². The number of amides is 2. The average Bonchev–Trinajstić information content (AvgIpc) is 3.38. The van der Waals surface area contributed by atoms with Crippen molar-refractivity contribution in [2.45, 2.75) is 26.2 Å². The fraction of sp³-hybridized carbons (Fsp3) is 0.294. The fourth-order valence-electron chi connectivity index (χ4n) is 5.64. The highest BCUT2D eigenvalue weighted by Gasteiger charge is 2.31. The van der Waals surface area contributed by atoms with Gasteiger partial charge in [0, 0.05) is 43.6 Å². The number of hydrogen-bond acceptors (Lipinski definition) is 4. The molecule has 41 heavy (non-hydrogen) atoms. The van der Waals surface area contributed by atoms with Gasteiger partial charge in [0.2, 0.25) is 5.91 Å². The van der Waals surface area contributed by atoms with Gasteiger partial charge in [-0.15, -0.1) is 0 Å². The van der Waals surface area contributed by atoms with Crippen LogP contribution in [0.2, 0.25) is 0 Å². The van der Waals surface area contributed by atoms with Crippen molar-refractivity contribution in [1.82, 2.24) is 14.4 Å². The minimum Gasteiger partial charge on any atom is -0.497 e. The molecule has 1 saturated heterocycles. The van der Waals surface area contributed by atoms with Crippen molar-refractivity contribution in [2.75, 3.05) is 40.4 Å². The van der Waals surface area contributed by atoms with Gasteiger partial charge < -0.3 is 23.8 Å². The molecule has 0 N–H and O–H groups in total. The Kier molecular flexibility index (Phi) is 8.43. The maximum Gasteiger partial charge on any atom is 0.255 e. The van der Waals surface area contributed by atoms with E-state index in [0.717, 1.165) is 46.1 Å². The van der Waals surface area contributed by atoms with Gasteiger partial charge >= 0.3 is 0 Å². The van der Waals surface area contributed by atoms with Crippen LogP contribution in [0, 0.1) is 6.92 Å². The summed E-state index contributed by atoms with van der Waals surface area (Å²) in [6.45, 7) is 6.06. The lowest BCUT2D eigenvalue weighted by atomic mass is 9.95. The number of rotatable bonds is 8. The summed E-state index contributed by atoms with van der Waals surface area (Å²) in [5.74, 6) is 1.45. The first-order valence-corrected chi connectivity index (χ1v) is 14.1. The van der Waals surface area contributed by atoms with E-state index in [0.29, 0.717) is 31.7 Å². The van der Waals surface area contributed by atoms with Crippen LogP contribution in [0.4, 0.5) is 0 Å². The summed E-state index contributed by atoms with van der Waals surface area (Å²) in [4.78, 5) is 31.1. The first kappa shape index (κ1) is 28.0. The van der Waals surface area contributed by atoms with E-state index >= 15 is 0 Å². The maximum absolute atomic E-state index is 13.9. The lowest BCUT2D eigenvalue weighted by Gasteiger charge is -2.36. The molecular weight excluding hydrogens is 514 g/mol. The molecule has 2 amide bonds. The summed E-state index contributed by atoms with van der Waals surface area (Å²) in [5, 5.41) is 0. The molecule has 1 aliphatic heterocycles. The van der Waals surface area contributed by atoms with Crippen molar-refractivity contribution in [3.05, 3.63) is 102 Å². The highest BCUT2D eigenvalue weighted by molar-refractivity contribution is 5.97. The molecule has 2 heterocycles. The first-order chi connectivity index (χ1) is 19.9. The van der Waals surface area contributed by atoms with E-state index < -0.39 is 0 Å². The molecule has 0 saturated carbocycles. The second-order valence-corrected chi connectivity index (χ2v) is 10.3. The zero-order valence-corrected chi connectivity index (χ0v) is 24.2. The Labute approximate surface area is 241 Å². The van der Waals surface area contributed by atoms with Crippen LogP contribution in [0.3, 0.4) is 0 Å². The number of ether oxygens (including phenoxy) is 2. The number of nitrogens with zero attached hydrogens (tertiary/aromatic N) is 3. The van der Waals surface area contributed by atoms with E-state index in [1.54, 1.807) is 14.2 Å². The van der Waals surface area contributed by atoms with Crippen LogP contribution in [-0.2, 0) is 4.79 Å². The van der Waals surface area contributed by atoms with Gasteiger partial charge in [0.1, 0.15) is 11.5 Å². The molecule has 0 bridgehead atoms. The maximum atomic E-state index is 13.9. The summed E-state index contributed by atoms with van der Waals surface area (Å²) in [5.41, 5.74) is 5.33. The molecule has 0 aliphatic carbocycles. The van der Waals surface area contributed by atoms with Crippen LogP contribution in [0.1, 0.15) is 40.9 Å². The molecule has 1 aromatic heterocycles. The lowest BCUT2D eigenvalue weighted by molar-refractivity contribution is -0.134. The fourth-order valence-corrected chi connectivity index (χ4v) is 5.64. The molecule has 1 unspecified atom stereocenters. The third-order valence-corrected chi connectivity index (χ3v) is 7.96. The molecule has 7 heteroatoms.